The number of para-hydroxylation sites is 1. The molecule has 3 rings (SSSR count). The molecular weight excluding hydrogens is 363 g/mol. The standard InChI is InChI=1S/C22H26F3NSi/c1-14-15(2)19(18-10-6-8-17-9-7-12-26-20(17)18)21(16(14)3)27(4,5)13-11-22(23,24)25/h6-10,12,19H,11,13H2,1-5H3. The lowest BCUT2D eigenvalue weighted by atomic mass is 9.91. The molecule has 27 heavy (non-hydrogen) atoms. The van der Waals surface area contributed by atoms with Crippen LogP contribution in [-0.2, 0) is 0 Å². The van der Waals surface area contributed by atoms with E-state index in [9.17, 15) is 13.2 Å². The number of fused-ring (bicyclic) bond motifs is 1. The number of hydrogen-bond acceptors (Lipinski definition) is 1. The van der Waals surface area contributed by atoms with Crippen LogP contribution in [0.1, 0.15) is 38.7 Å². The Hall–Kier alpha value is -1.88. The van der Waals surface area contributed by atoms with Crippen LogP contribution in [0.5, 0.6) is 0 Å². The van der Waals surface area contributed by atoms with Crippen molar-refractivity contribution >= 4 is 19.0 Å². The summed E-state index contributed by atoms with van der Waals surface area (Å²) in [7, 11) is -2.27. The second-order valence-corrected chi connectivity index (χ2v) is 13.0. The number of rotatable bonds is 4. The summed E-state index contributed by atoms with van der Waals surface area (Å²) in [6.07, 6.45) is -3.03. The van der Waals surface area contributed by atoms with Gasteiger partial charge in [-0.2, -0.15) is 13.2 Å². The third-order valence-electron chi connectivity index (χ3n) is 6.02. The highest BCUT2D eigenvalue weighted by molar-refractivity contribution is 6.84. The molecule has 0 radical (unpaired) electrons. The summed E-state index contributed by atoms with van der Waals surface area (Å²) in [6.45, 7) is 10.4. The van der Waals surface area contributed by atoms with Gasteiger partial charge in [0, 0.05) is 23.9 Å². The van der Waals surface area contributed by atoms with Gasteiger partial charge in [0.2, 0.25) is 0 Å². The average molecular weight is 390 g/mol. The number of allylic oxidation sites excluding steroid dienone is 4. The maximum absolute atomic E-state index is 12.9. The lowest BCUT2D eigenvalue weighted by molar-refractivity contribution is -0.130. The van der Waals surface area contributed by atoms with E-state index < -0.39 is 20.7 Å². The van der Waals surface area contributed by atoms with E-state index in [0.717, 1.165) is 16.5 Å². The Morgan fingerprint density at radius 3 is 2.33 bits per heavy atom. The van der Waals surface area contributed by atoms with Crippen molar-refractivity contribution in [3.63, 3.8) is 0 Å². The van der Waals surface area contributed by atoms with E-state index in [0.29, 0.717) is 0 Å². The molecule has 0 aliphatic heterocycles. The molecule has 0 fully saturated rings. The van der Waals surface area contributed by atoms with Crippen LogP contribution in [0, 0.1) is 0 Å². The largest absolute Gasteiger partial charge is 0.388 e. The fraction of sp³-hybridized carbons (Fsp3) is 0.409. The molecule has 0 saturated carbocycles. The Morgan fingerprint density at radius 2 is 1.67 bits per heavy atom. The third kappa shape index (κ3) is 3.75. The monoisotopic (exact) mass is 389 g/mol. The van der Waals surface area contributed by atoms with E-state index in [4.69, 9.17) is 0 Å². The molecule has 1 atom stereocenters. The SMILES string of the molecule is CC1=C(C)C(c2cccc3cccnc23)C([Si](C)(C)CCC(F)(F)F)=C1C. The highest BCUT2D eigenvalue weighted by atomic mass is 28.3. The summed E-state index contributed by atoms with van der Waals surface area (Å²) in [5, 5.41) is 2.30. The zero-order valence-corrected chi connectivity index (χ0v) is 17.5. The Bertz CT molecular complexity index is 933. The number of alkyl halides is 3. The van der Waals surface area contributed by atoms with Gasteiger partial charge in [0.15, 0.2) is 0 Å². The van der Waals surface area contributed by atoms with E-state index in [-0.39, 0.29) is 12.0 Å². The van der Waals surface area contributed by atoms with Crippen molar-refractivity contribution in [3.05, 3.63) is 64.0 Å². The minimum atomic E-state index is -4.11. The molecule has 0 saturated heterocycles. The van der Waals surface area contributed by atoms with Gasteiger partial charge in [-0.05, 0) is 44.0 Å². The number of pyridine rings is 1. The van der Waals surface area contributed by atoms with Crippen molar-refractivity contribution in [1.29, 1.82) is 0 Å². The van der Waals surface area contributed by atoms with E-state index >= 15 is 0 Å². The second kappa shape index (κ2) is 6.93. The number of benzene rings is 1. The molecule has 0 N–H and O–H groups in total. The van der Waals surface area contributed by atoms with Crippen LogP contribution in [0.3, 0.4) is 0 Å². The Kier molecular flexibility index (Phi) is 5.10. The fourth-order valence-corrected chi connectivity index (χ4v) is 7.92. The molecule has 1 aromatic heterocycles. The minimum absolute atomic E-state index is 0.0403. The zero-order valence-electron chi connectivity index (χ0n) is 16.5. The summed E-state index contributed by atoms with van der Waals surface area (Å²) >= 11 is 0. The molecule has 1 aliphatic carbocycles. The Balaban J connectivity index is 2.13. The van der Waals surface area contributed by atoms with Crippen molar-refractivity contribution in [2.24, 2.45) is 0 Å². The third-order valence-corrected chi connectivity index (χ3v) is 9.64. The predicted molar refractivity (Wildman–Crippen MR) is 109 cm³/mol. The first-order chi connectivity index (χ1) is 12.5. The van der Waals surface area contributed by atoms with E-state index in [1.54, 1.807) is 6.20 Å². The fourth-order valence-electron chi connectivity index (χ4n) is 4.38. The molecule has 2 aromatic rings. The van der Waals surface area contributed by atoms with Crippen molar-refractivity contribution in [1.82, 2.24) is 4.98 Å². The van der Waals surface area contributed by atoms with Crippen LogP contribution in [0.25, 0.3) is 10.9 Å². The highest BCUT2D eigenvalue weighted by Crippen LogP contribution is 2.50. The summed E-state index contributed by atoms with van der Waals surface area (Å²) in [4.78, 5) is 4.60. The summed E-state index contributed by atoms with van der Waals surface area (Å²) in [6, 6.07) is 10.3. The molecule has 0 amide bonds. The van der Waals surface area contributed by atoms with Gasteiger partial charge in [0.05, 0.1) is 13.6 Å². The van der Waals surface area contributed by atoms with Crippen LogP contribution in [0.2, 0.25) is 19.1 Å². The van der Waals surface area contributed by atoms with Crippen LogP contribution in [0.4, 0.5) is 13.2 Å². The number of nitrogens with zero attached hydrogens (tertiary/aromatic N) is 1. The van der Waals surface area contributed by atoms with Crippen molar-refractivity contribution < 1.29 is 13.2 Å². The van der Waals surface area contributed by atoms with Gasteiger partial charge in [0.1, 0.15) is 0 Å². The lowest BCUT2D eigenvalue weighted by Gasteiger charge is -2.32. The predicted octanol–water partition coefficient (Wildman–Crippen LogP) is 7.18. The minimum Gasteiger partial charge on any atom is -0.256 e. The van der Waals surface area contributed by atoms with Crippen molar-refractivity contribution in [3.8, 4) is 0 Å². The molecule has 1 heterocycles. The van der Waals surface area contributed by atoms with Gasteiger partial charge in [-0.3, -0.25) is 4.98 Å². The van der Waals surface area contributed by atoms with Crippen LogP contribution < -0.4 is 0 Å². The van der Waals surface area contributed by atoms with Gasteiger partial charge in [0.25, 0.3) is 0 Å². The lowest BCUT2D eigenvalue weighted by Crippen LogP contribution is -2.34. The normalized spacial score (nSPS) is 18.7. The Labute approximate surface area is 160 Å². The van der Waals surface area contributed by atoms with Gasteiger partial charge >= 0.3 is 6.18 Å². The van der Waals surface area contributed by atoms with E-state index in [2.05, 4.69) is 44.9 Å². The molecule has 1 nitrogen and oxygen atoms in total. The topological polar surface area (TPSA) is 12.9 Å². The first-order valence-electron chi connectivity index (χ1n) is 9.32. The van der Waals surface area contributed by atoms with Gasteiger partial charge in [-0.25, -0.2) is 0 Å². The number of aromatic nitrogens is 1. The van der Waals surface area contributed by atoms with E-state index in [1.807, 2.05) is 24.3 Å². The molecule has 0 bridgehead atoms. The second-order valence-electron chi connectivity index (χ2n) is 8.20. The molecule has 144 valence electrons. The highest BCUT2D eigenvalue weighted by Gasteiger charge is 2.41. The summed E-state index contributed by atoms with van der Waals surface area (Å²) in [5.74, 6) is 0.0403. The smallest absolute Gasteiger partial charge is 0.256 e. The van der Waals surface area contributed by atoms with Gasteiger partial charge < -0.3 is 0 Å². The first-order valence-corrected chi connectivity index (χ1v) is 12.5. The molecular formula is C22H26F3NSi. The number of halogens is 3. The summed E-state index contributed by atoms with van der Waals surface area (Å²) in [5.41, 5.74) is 5.71. The van der Waals surface area contributed by atoms with Crippen LogP contribution in [-0.4, -0.2) is 19.2 Å². The molecule has 1 aromatic carbocycles. The van der Waals surface area contributed by atoms with Gasteiger partial charge in [-0.15, -0.1) is 0 Å². The van der Waals surface area contributed by atoms with Crippen LogP contribution in [0.15, 0.2) is 58.4 Å². The summed E-state index contributed by atoms with van der Waals surface area (Å²) < 4.78 is 38.8. The quantitative estimate of drug-likeness (QED) is 0.504. The first kappa shape index (κ1) is 19.9. The van der Waals surface area contributed by atoms with E-state index in [1.165, 1.54) is 21.9 Å². The maximum atomic E-state index is 12.9. The molecule has 0 spiro atoms. The van der Waals surface area contributed by atoms with Crippen molar-refractivity contribution in [2.75, 3.05) is 0 Å². The molecule has 1 aliphatic rings. The molecule has 5 heteroatoms. The molecule has 1 unspecified atom stereocenters. The zero-order chi connectivity index (χ0) is 20.0. The van der Waals surface area contributed by atoms with Gasteiger partial charge in [-0.1, -0.05) is 53.7 Å². The van der Waals surface area contributed by atoms with Crippen LogP contribution >= 0.6 is 0 Å². The van der Waals surface area contributed by atoms with Crippen molar-refractivity contribution in [2.45, 2.75) is 58.4 Å². The number of hydrogen-bond donors (Lipinski definition) is 0. The Morgan fingerprint density at radius 1 is 1.00 bits per heavy atom. The maximum Gasteiger partial charge on any atom is 0.388 e. The average Bonchev–Trinajstić information content (AvgIpc) is 2.84.